The molecule has 5 nitrogen and oxygen atoms in total. The van der Waals surface area contributed by atoms with Crippen molar-refractivity contribution < 1.29 is 0 Å². The van der Waals surface area contributed by atoms with Gasteiger partial charge in [0.05, 0.1) is 22.4 Å². The van der Waals surface area contributed by atoms with Crippen molar-refractivity contribution in [2.45, 2.75) is 0 Å². The average molecular weight is 411 g/mol. The number of nitrogens with zero attached hydrogens (tertiary/aromatic N) is 5. The van der Waals surface area contributed by atoms with E-state index < -0.39 is 0 Å². The Bertz CT molecular complexity index is 1630. The maximum Gasteiger partial charge on any atom is 0.148 e. The minimum atomic E-state index is 0.933. The summed E-state index contributed by atoms with van der Waals surface area (Å²) in [5, 5.41) is 4.66. The maximum absolute atomic E-state index is 5.29. The lowest BCUT2D eigenvalue weighted by atomic mass is 10.1. The molecule has 0 bridgehead atoms. The van der Waals surface area contributed by atoms with Crippen LogP contribution in [0.15, 0.2) is 104 Å². The molecule has 0 spiro atoms. The Kier molecular flexibility index (Phi) is 3.49. The summed E-state index contributed by atoms with van der Waals surface area (Å²) < 4.78 is 4.45. The summed E-state index contributed by atoms with van der Waals surface area (Å²) in [5.41, 5.74) is 6.22. The first-order valence-corrected chi connectivity index (χ1v) is 10.5. The van der Waals surface area contributed by atoms with E-state index in [1.807, 2.05) is 49.1 Å². The fourth-order valence-electron chi connectivity index (χ4n) is 4.76. The highest BCUT2D eigenvalue weighted by molar-refractivity contribution is 6.16. The van der Waals surface area contributed by atoms with Gasteiger partial charge in [0.25, 0.3) is 0 Å². The Morgan fingerprint density at radius 2 is 0.906 bits per heavy atom. The van der Waals surface area contributed by atoms with Crippen LogP contribution in [0.5, 0.6) is 0 Å². The molecule has 0 saturated carbocycles. The molecular weight excluding hydrogens is 394 g/mol. The number of benzene rings is 2. The largest absolute Gasteiger partial charge is 0.294 e. The number of fused-ring (bicyclic) bond motifs is 6. The topological polar surface area (TPSA) is 48.5 Å². The molecule has 0 saturated heterocycles. The van der Waals surface area contributed by atoms with Crippen LogP contribution >= 0.6 is 0 Å². The molecule has 5 aromatic heterocycles. The second-order valence-electron chi connectivity index (χ2n) is 7.85. The van der Waals surface area contributed by atoms with Gasteiger partial charge in [0, 0.05) is 46.3 Å². The van der Waals surface area contributed by atoms with Gasteiger partial charge in [-0.2, -0.15) is 0 Å². The molecule has 150 valence electrons. The summed E-state index contributed by atoms with van der Waals surface area (Å²) in [6, 6.07) is 27.4. The molecule has 7 rings (SSSR count). The molecule has 2 aromatic carbocycles. The third kappa shape index (κ3) is 2.30. The molecule has 0 unspecified atom stereocenters. The Morgan fingerprint density at radius 1 is 0.469 bits per heavy atom. The predicted octanol–water partition coefficient (Wildman–Crippen LogP) is 6.07. The van der Waals surface area contributed by atoms with Crippen molar-refractivity contribution in [3.8, 4) is 11.4 Å². The van der Waals surface area contributed by atoms with E-state index in [-0.39, 0.29) is 0 Å². The lowest BCUT2D eigenvalue weighted by Gasteiger charge is -2.08. The minimum absolute atomic E-state index is 0.933. The molecule has 0 aliphatic rings. The highest BCUT2D eigenvalue weighted by atomic mass is 15.1. The zero-order valence-electron chi connectivity index (χ0n) is 17.1. The molecule has 5 heteroatoms. The summed E-state index contributed by atoms with van der Waals surface area (Å²) in [4.78, 5) is 13.7. The van der Waals surface area contributed by atoms with Crippen LogP contribution in [-0.2, 0) is 0 Å². The molecular formula is C27H17N5. The number of aromatic nitrogens is 5. The van der Waals surface area contributed by atoms with Gasteiger partial charge >= 0.3 is 0 Å². The number of hydrogen-bond donors (Lipinski definition) is 0. The van der Waals surface area contributed by atoms with Crippen molar-refractivity contribution >= 4 is 43.9 Å². The Morgan fingerprint density at radius 3 is 1.38 bits per heavy atom. The van der Waals surface area contributed by atoms with Crippen molar-refractivity contribution in [2.24, 2.45) is 0 Å². The first-order chi connectivity index (χ1) is 15.9. The quantitative estimate of drug-likeness (QED) is 0.347. The second kappa shape index (κ2) is 6.49. The standard InChI is InChI=1S/C27H17N5/c1-3-7-24-20(5-1)22-17-23-21-6-2-4-8-25(21)32(19-11-15-29-16-12-19)27(23)30-26(22)31(24)18-9-13-28-14-10-18/h1-17H. The van der Waals surface area contributed by atoms with Crippen LogP contribution in [0.4, 0.5) is 0 Å². The van der Waals surface area contributed by atoms with E-state index in [4.69, 9.17) is 4.98 Å². The van der Waals surface area contributed by atoms with E-state index in [1.165, 1.54) is 10.8 Å². The van der Waals surface area contributed by atoms with Gasteiger partial charge < -0.3 is 0 Å². The SMILES string of the molecule is c1ccc2c(c1)c1cc3c4ccccc4n(-c4ccncc4)c3nc1n2-c1ccncc1. The lowest BCUT2D eigenvalue weighted by Crippen LogP contribution is -1.98. The van der Waals surface area contributed by atoms with Gasteiger partial charge in [-0.1, -0.05) is 36.4 Å². The molecule has 0 N–H and O–H groups in total. The van der Waals surface area contributed by atoms with Gasteiger partial charge in [0.2, 0.25) is 0 Å². The van der Waals surface area contributed by atoms with Gasteiger partial charge in [0.15, 0.2) is 0 Å². The third-order valence-corrected chi connectivity index (χ3v) is 6.12. The van der Waals surface area contributed by atoms with Crippen LogP contribution in [0.25, 0.3) is 55.2 Å². The summed E-state index contributed by atoms with van der Waals surface area (Å²) in [6.45, 7) is 0. The van der Waals surface area contributed by atoms with Gasteiger partial charge in [0.1, 0.15) is 11.3 Å². The van der Waals surface area contributed by atoms with Crippen molar-refractivity contribution in [3.63, 3.8) is 0 Å². The molecule has 0 amide bonds. The summed E-state index contributed by atoms with van der Waals surface area (Å²) in [7, 11) is 0. The van der Waals surface area contributed by atoms with Crippen molar-refractivity contribution in [1.29, 1.82) is 0 Å². The van der Waals surface area contributed by atoms with Crippen LogP contribution in [0, 0.1) is 0 Å². The van der Waals surface area contributed by atoms with Crippen molar-refractivity contribution in [1.82, 2.24) is 24.1 Å². The number of para-hydroxylation sites is 2. The smallest absolute Gasteiger partial charge is 0.148 e. The Balaban J connectivity index is 1.71. The summed E-state index contributed by atoms with van der Waals surface area (Å²) in [6.07, 6.45) is 7.29. The molecule has 0 radical (unpaired) electrons. The van der Waals surface area contributed by atoms with E-state index in [0.717, 1.165) is 44.5 Å². The molecule has 0 fully saturated rings. The van der Waals surface area contributed by atoms with E-state index in [9.17, 15) is 0 Å². The molecule has 32 heavy (non-hydrogen) atoms. The molecule has 0 aliphatic carbocycles. The Labute approximate surface area is 183 Å². The fraction of sp³-hybridized carbons (Fsp3) is 0. The van der Waals surface area contributed by atoms with Gasteiger partial charge in [-0.3, -0.25) is 19.1 Å². The van der Waals surface area contributed by atoms with Gasteiger partial charge in [-0.05, 0) is 42.5 Å². The number of pyridine rings is 3. The van der Waals surface area contributed by atoms with E-state index >= 15 is 0 Å². The zero-order chi connectivity index (χ0) is 21.1. The van der Waals surface area contributed by atoms with E-state index in [1.54, 1.807) is 0 Å². The van der Waals surface area contributed by atoms with Crippen LogP contribution in [0.3, 0.4) is 0 Å². The highest BCUT2D eigenvalue weighted by Gasteiger charge is 2.19. The summed E-state index contributed by atoms with van der Waals surface area (Å²) >= 11 is 0. The van der Waals surface area contributed by atoms with E-state index in [2.05, 4.69) is 73.7 Å². The second-order valence-corrected chi connectivity index (χ2v) is 7.85. The normalized spacial score (nSPS) is 11.8. The molecule has 0 atom stereocenters. The van der Waals surface area contributed by atoms with Gasteiger partial charge in [-0.25, -0.2) is 4.98 Å². The van der Waals surface area contributed by atoms with E-state index in [0.29, 0.717) is 0 Å². The van der Waals surface area contributed by atoms with Crippen LogP contribution < -0.4 is 0 Å². The van der Waals surface area contributed by atoms with Crippen LogP contribution in [-0.4, -0.2) is 24.1 Å². The fourth-order valence-corrected chi connectivity index (χ4v) is 4.76. The minimum Gasteiger partial charge on any atom is -0.294 e. The number of hydrogen-bond acceptors (Lipinski definition) is 3. The van der Waals surface area contributed by atoms with Gasteiger partial charge in [-0.15, -0.1) is 0 Å². The predicted molar refractivity (Wildman–Crippen MR) is 129 cm³/mol. The monoisotopic (exact) mass is 411 g/mol. The van der Waals surface area contributed by atoms with Crippen molar-refractivity contribution in [3.05, 3.63) is 104 Å². The average Bonchev–Trinajstić information content (AvgIpc) is 3.36. The lowest BCUT2D eigenvalue weighted by molar-refractivity contribution is 1.09. The molecule has 5 heterocycles. The Hall–Kier alpha value is -4.51. The zero-order valence-corrected chi connectivity index (χ0v) is 17.1. The summed E-state index contributed by atoms with van der Waals surface area (Å²) in [5.74, 6) is 0. The molecule has 7 aromatic rings. The first-order valence-electron chi connectivity index (χ1n) is 10.5. The first kappa shape index (κ1) is 17.2. The number of rotatable bonds is 2. The molecule has 0 aliphatic heterocycles. The van der Waals surface area contributed by atoms with Crippen molar-refractivity contribution in [2.75, 3.05) is 0 Å². The highest BCUT2D eigenvalue weighted by Crippen LogP contribution is 2.37. The van der Waals surface area contributed by atoms with Crippen LogP contribution in [0.2, 0.25) is 0 Å². The maximum atomic E-state index is 5.29. The third-order valence-electron chi connectivity index (χ3n) is 6.12. The van der Waals surface area contributed by atoms with Crippen LogP contribution in [0.1, 0.15) is 0 Å².